The minimum Gasteiger partial charge on any atom is -0.211 e. The van der Waals surface area contributed by atoms with Crippen molar-refractivity contribution in [3.63, 3.8) is 0 Å². The Morgan fingerprint density at radius 2 is 2.25 bits per heavy atom. The lowest BCUT2D eigenvalue weighted by Crippen LogP contribution is -1.99. The second-order valence-corrected chi connectivity index (χ2v) is 2.56. The summed E-state index contributed by atoms with van der Waals surface area (Å²) in [5.74, 6) is 0.0521. The van der Waals surface area contributed by atoms with E-state index < -0.39 is 0 Å². The van der Waals surface area contributed by atoms with E-state index in [0.29, 0.717) is 5.33 Å². The predicted molar refractivity (Wildman–Crippen MR) is 35.8 cm³/mol. The number of hydrogen-bond acceptors (Lipinski definition) is 0. The van der Waals surface area contributed by atoms with Crippen LogP contribution in [0.3, 0.4) is 0 Å². The molecule has 0 aromatic carbocycles. The van der Waals surface area contributed by atoms with Crippen LogP contribution in [0.15, 0.2) is 11.4 Å². The summed E-state index contributed by atoms with van der Waals surface area (Å²) in [5, 5.41) is 0.405. The first-order chi connectivity index (χ1) is 3.84. The Morgan fingerprint density at radius 1 is 1.62 bits per heavy atom. The van der Waals surface area contributed by atoms with E-state index in [9.17, 15) is 4.39 Å². The van der Waals surface area contributed by atoms with Gasteiger partial charge in [-0.3, -0.25) is 0 Å². The first-order valence-electron chi connectivity index (χ1n) is 2.77. The Labute approximate surface area is 56.9 Å². The highest BCUT2D eigenvalue weighted by Gasteiger charge is 2.12. The van der Waals surface area contributed by atoms with Crippen LogP contribution in [-0.2, 0) is 0 Å². The van der Waals surface area contributed by atoms with Gasteiger partial charge in [0, 0.05) is 0 Å². The topological polar surface area (TPSA) is 0 Å². The van der Waals surface area contributed by atoms with Crippen molar-refractivity contribution in [2.45, 2.75) is 19.3 Å². The Bertz CT molecular complexity index is 106. The highest BCUT2D eigenvalue weighted by molar-refractivity contribution is 9.09. The molecule has 0 saturated heterocycles. The van der Waals surface area contributed by atoms with Crippen LogP contribution in [0.1, 0.15) is 19.3 Å². The smallest absolute Gasteiger partial charge is 0.110 e. The molecule has 0 N–H and O–H groups in total. The van der Waals surface area contributed by atoms with E-state index in [1.165, 1.54) is 6.42 Å². The second-order valence-electron chi connectivity index (χ2n) is 2.00. The molecule has 1 saturated carbocycles. The molecule has 0 unspecified atom stereocenters. The SMILES string of the molecule is FC(CBr)=C1CCC1. The summed E-state index contributed by atoms with van der Waals surface area (Å²) >= 11 is 3.06. The first-order valence-corrected chi connectivity index (χ1v) is 3.89. The highest BCUT2D eigenvalue weighted by atomic mass is 79.9. The monoisotopic (exact) mass is 178 g/mol. The minimum atomic E-state index is 0.0521. The van der Waals surface area contributed by atoms with Crippen molar-refractivity contribution in [1.82, 2.24) is 0 Å². The predicted octanol–water partition coefficient (Wildman–Crippen LogP) is 2.79. The molecule has 1 fully saturated rings. The second kappa shape index (κ2) is 2.62. The fourth-order valence-corrected chi connectivity index (χ4v) is 1.12. The number of alkyl halides is 1. The maximum Gasteiger partial charge on any atom is 0.110 e. The zero-order valence-electron chi connectivity index (χ0n) is 4.58. The number of rotatable bonds is 1. The number of hydrogen-bond donors (Lipinski definition) is 0. The molecule has 0 radical (unpaired) electrons. The fraction of sp³-hybridized carbons (Fsp3) is 0.667. The van der Waals surface area contributed by atoms with Crippen LogP contribution in [0.5, 0.6) is 0 Å². The van der Waals surface area contributed by atoms with Gasteiger partial charge in [-0.2, -0.15) is 0 Å². The van der Waals surface area contributed by atoms with Crippen molar-refractivity contribution < 1.29 is 4.39 Å². The standard InChI is InChI=1S/C6H8BrF/c7-4-6(8)5-2-1-3-5/h1-4H2. The van der Waals surface area contributed by atoms with Crippen LogP contribution in [-0.4, -0.2) is 5.33 Å². The molecule has 1 aliphatic carbocycles. The molecule has 0 amide bonds. The van der Waals surface area contributed by atoms with Gasteiger partial charge in [-0.25, -0.2) is 4.39 Å². The zero-order chi connectivity index (χ0) is 5.98. The lowest BCUT2D eigenvalue weighted by molar-refractivity contribution is 0.560. The minimum absolute atomic E-state index is 0.0521. The van der Waals surface area contributed by atoms with E-state index in [2.05, 4.69) is 15.9 Å². The summed E-state index contributed by atoms with van der Waals surface area (Å²) in [6, 6.07) is 0. The number of halogens is 2. The Morgan fingerprint density at radius 3 is 2.38 bits per heavy atom. The van der Waals surface area contributed by atoms with E-state index in [1.807, 2.05) is 0 Å². The van der Waals surface area contributed by atoms with Gasteiger partial charge in [0.15, 0.2) is 0 Å². The Balaban J connectivity index is 2.47. The fourth-order valence-electron chi connectivity index (χ4n) is 0.719. The molecular formula is C6H8BrF. The third-order valence-corrected chi connectivity index (χ3v) is 1.95. The van der Waals surface area contributed by atoms with Crippen LogP contribution in [0.25, 0.3) is 0 Å². The van der Waals surface area contributed by atoms with Crippen molar-refractivity contribution in [3.05, 3.63) is 11.4 Å². The maximum atomic E-state index is 12.4. The van der Waals surface area contributed by atoms with Crippen LogP contribution in [0, 0.1) is 0 Å². The Kier molecular flexibility index (Phi) is 2.06. The van der Waals surface area contributed by atoms with Crippen LogP contribution >= 0.6 is 15.9 Å². The summed E-state index contributed by atoms with van der Waals surface area (Å²) in [6.07, 6.45) is 3.14. The van der Waals surface area contributed by atoms with Gasteiger partial charge in [0.1, 0.15) is 5.83 Å². The molecule has 0 heterocycles. The van der Waals surface area contributed by atoms with Crippen molar-refractivity contribution in [1.29, 1.82) is 0 Å². The van der Waals surface area contributed by atoms with E-state index >= 15 is 0 Å². The van der Waals surface area contributed by atoms with Gasteiger partial charge in [0.05, 0.1) is 5.33 Å². The van der Waals surface area contributed by atoms with Gasteiger partial charge in [-0.15, -0.1) is 0 Å². The van der Waals surface area contributed by atoms with Crippen molar-refractivity contribution in [2.24, 2.45) is 0 Å². The molecule has 1 aliphatic rings. The van der Waals surface area contributed by atoms with Crippen molar-refractivity contribution in [2.75, 3.05) is 5.33 Å². The average molecular weight is 179 g/mol. The molecule has 0 spiro atoms. The molecule has 0 aliphatic heterocycles. The highest BCUT2D eigenvalue weighted by Crippen LogP contribution is 2.29. The molecule has 0 bridgehead atoms. The molecular weight excluding hydrogens is 171 g/mol. The van der Waals surface area contributed by atoms with Crippen LogP contribution < -0.4 is 0 Å². The lowest BCUT2D eigenvalue weighted by atomic mass is 9.92. The molecule has 1 rings (SSSR count). The lowest BCUT2D eigenvalue weighted by Gasteiger charge is -2.16. The van der Waals surface area contributed by atoms with Gasteiger partial charge in [-0.05, 0) is 24.8 Å². The van der Waals surface area contributed by atoms with E-state index in [0.717, 1.165) is 18.4 Å². The molecule has 0 nitrogen and oxygen atoms in total. The zero-order valence-corrected chi connectivity index (χ0v) is 6.17. The molecule has 46 valence electrons. The van der Waals surface area contributed by atoms with E-state index in [1.54, 1.807) is 0 Å². The van der Waals surface area contributed by atoms with Crippen LogP contribution in [0.2, 0.25) is 0 Å². The van der Waals surface area contributed by atoms with E-state index in [4.69, 9.17) is 0 Å². The maximum absolute atomic E-state index is 12.4. The van der Waals surface area contributed by atoms with Gasteiger partial charge in [-0.1, -0.05) is 15.9 Å². The normalized spacial score (nSPS) is 18.0. The molecule has 0 aromatic rings. The molecule has 8 heavy (non-hydrogen) atoms. The van der Waals surface area contributed by atoms with E-state index in [-0.39, 0.29) is 5.83 Å². The number of allylic oxidation sites excluding steroid dienone is 2. The Hall–Kier alpha value is 0.150. The van der Waals surface area contributed by atoms with Crippen molar-refractivity contribution in [3.8, 4) is 0 Å². The van der Waals surface area contributed by atoms with Crippen molar-refractivity contribution >= 4 is 15.9 Å². The van der Waals surface area contributed by atoms with Gasteiger partial charge in [0.25, 0.3) is 0 Å². The summed E-state index contributed by atoms with van der Waals surface area (Å²) in [6.45, 7) is 0. The van der Waals surface area contributed by atoms with Crippen LogP contribution in [0.4, 0.5) is 4.39 Å². The average Bonchev–Trinajstić information content (AvgIpc) is 1.62. The third kappa shape index (κ3) is 1.10. The summed E-state index contributed by atoms with van der Waals surface area (Å²) in [4.78, 5) is 0. The van der Waals surface area contributed by atoms with Gasteiger partial charge < -0.3 is 0 Å². The summed E-state index contributed by atoms with van der Waals surface area (Å²) in [7, 11) is 0. The summed E-state index contributed by atoms with van der Waals surface area (Å²) in [5.41, 5.74) is 1.02. The largest absolute Gasteiger partial charge is 0.211 e. The first kappa shape index (κ1) is 6.27. The molecule has 2 heteroatoms. The van der Waals surface area contributed by atoms with Gasteiger partial charge in [0.2, 0.25) is 0 Å². The quantitative estimate of drug-likeness (QED) is 0.543. The molecule has 0 aromatic heterocycles. The summed E-state index contributed by atoms with van der Waals surface area (Å²) < 4.78 is 12.4. The molecule has 0 atom stereocenters. The van der Waals surface area contributed by atoms with Gasteiger partial charge >= 0.3 is 0 Å². The third-order valence-electron chi connectivity index (χ3n) is 1.46.